The zero-order valence-corrected chi connectivity index (χ0v) is 13.6. The van der Waals surface area contributed by atoms with Crippen LogP contribution in [0.2, 0.25) is 0 Å². The Morgan fingerprint density at radius 3 is 2.39 bits per heavy atom. The van der Waals surface area contributed by atoms with Gasteiger partial charge >= 0.3 is 12.1 Å². The molecule has 1 aromatic rings. The normalized spacial score (nSPS) is 21.8. The van der Waals surface area contributed by atoms with Gasteiger partial charge in [-0.05, 0) is 51.3 Å². The highest BCUT2D eigenvalue weighted by Crippen LogP contribution is 2.37. The smallest absolute Gasteiger partial charge is 0.410 e. The average Bonchev–Trinajstić information content (AvgIpc) is 2.45. The van der Waals surface area contributed by atoms with Gasteiger partial charge in [0.15, 0.2) is 0 Å². The number of carbonyl (C=O) groups is 2. The molecule has 0 bridgehead atoms. The SMILES string of the molecule is CC(C)(C)OC(=O)N1CCC[C@H](C(=O)O)[C@H]1c1ccc(F)cc1. The molecule has 1 aromatic carbocycles. The maximum atomic E-state index is 13.2. The maximum Gasteiger partial charge on any atom is 0.410 e. The Kier molecular flexibility index (Phi) is 4.92. The number of carbonyl (C=O) groups excluding carboxylic acids is 1. The molecule has 23 heavy (non-hydrogen) atoms. The highest BCUT2D eigenvalue weighted by atomic mass is 19.1. The first-order valence-corrected chi connectivity index (χ1v) is 7.67. The minimum Gasteiger partial charge on any atom is -0.481 e. The van der Waals surface area contributed by atoms with Gasteiger partial charge < -0.3 is 14.7 Å². The lowest BCUT2D eigenvalue weighted by Crippen LogP contribution is -2.47. The Morgan fingerprint density at radius 2 is 1.87 bits per heavy atom. The molecule has 1 heterocycles. The van der Waals surface area contributed by atoms with Crippen molar-refractivity contribution in [2.75, 3.05) is 6.54 Å². The van der Waals surface area contributed by atoms with Crippen LogP contribution in [0.25, 0.3) is 0 Å². The summed E-state index contributed by atoms with van der Waals surface area (Å²) in [5, 5.41) is 9.50. The molecule has 0 aromatic heterocycles. The summed E-state index contributed by atoms with van der Waals surface area (Å²) in [4.78, 5) is 25.5. The molecule has 6 heteroatoms. The quantitative estimate of drug-likeness (QED) is 0.903. The van der Waals surface area contributed by atoms with Gasteiger partial charge in [0.05, 0.1) is 12.0 Å². The monoisotopic (exact) mass is 323 g/mol. The van der Waals surface area contributed by atoms with Crippen molar-refractivity contribution in [1.29, 1.82) is 0 Å². The molecule has 1 aliphatic rings. The first kappa shape index (κ1) is 17.2. The Morgan fingerprint density at radius 1 is 1.26 bits per heavy atom. The predicted octanol–water partition coefficient (Wildman–Crippen LogP) is 3.60. The van der Waals surface area contributed by atoms with Crippen LogP contribution < -0.4 is 0 Å². The summed E-state index contributed by atoms with van der Waals surface area (Å²) in [5.74, 6) is -2.10. The fourth-order valence-corrected chi connectivity index (χ4v) is 2.85. The summed E-state index contributed by atoms with van der Waals surface area (Å²) >= 11 is 0. The molecule has 0 unspecified atom stereocenters. The first-order valence-electron chi connectivity index (χ1n) is 7.67. The first-order chi connectivity index (χ1) is 10.7. The van der Waals surface area contributed by atoms with Crippen molar-refractivity contribution in [3.63, 3.8) is 0 Å². The highest BCUT2D eigenvalue weighted by molar-refractivity contribution is 5.75. The molecule has 1 aliphatic heterocycles. The molecule has 1 N–H and O–H groups in total. The van der Waals surface area contributed by atoms with Gasteiger partial charge in [-0.1, -0.05) is 12.1 Å². The van der Waals surface area contributed by atoms with Crippen LogP contribution in [-0.4, -0.2) is 34.2 Å². The molecule has 5 nitrogen and oxygen atoms in total. The minimum atomic E-state index is -0.965. The van der Waals surface area contributed by atoms with Gasteiger partial charge in [0.2, 0.25) is 0 Å². The van der Waals surface area contributed by atoms with E-state index < -0.39 is 35.4 Å². The summed E-state index contributed by atoms with van der Waals surface area (Å²) in [6, 6.07) is 4.94. The molecule has 0 spiro atoms. The van der Waals surface area contributed by atoms with E-state index in [1.165, 1.54) is 29.2 Å². The van der Waals surface area contributed by atoms with Crippen LogP contribution in [0.15, 0.2) is 24.3 Å². The number of amides is 1. The number of piperidine rings is 1. The third-order valence-corrected chi connectivity index (χ3v) is 3.79. The molecule has 1 saturated heterocycles. The van der Waals surface area contributed by atoms with Crippen LogP contribution in [-0.2, 0) is 9.53 Å². The molecular formula is C17H22FNO4. The summed E-state index contributed by atoms with van der Waals surface area (Å²) in [6.45, 7) is 5.70. The minimum absolute atomic E-state index is 0.403. The number of aliphatic carboxylic acids is 1. The van der Waals surface area contributed by atoms with Crippen LogP contribution in [0.1, 0.15) is 45.2 Å². The zero-order valence-electron chi connectivity index (χ0n) is 13.6. The summed E-state index contributed by atoms with van der Waals surface area (Å²) < 4.78 is 18.6. The van der Waals surface area contributed by atoms with Crippen molar-refractivity contribution in [3.05, 3.63) is 35.6 Å². The van der Waals surface area contributed by atoms with Gasteiger partial charge in [0.1, 0.15) is 11.4 Å². The maximum absolute atomic E-state index is 13.2. The second-order valence-electron chi connectivity index (χ2n) is 6.76. The number of nitrogens with zero attached hydrogens (tertiary/aromatic N) is 1. The predicted molar refractivity (Wildman–Crippen MR) is 82.4 cm³/mol. The lowest BCUT2D eigenvalue weighted by molar-refractivity contribution is -0.145. The van der Waals surface area contributed by atoms with E-state index in [1.54, 1.807) is 20.8 Å². The Balaban J connectivity index is 2.35. The second-order valence-corrected chi connectivity index (χ2v) is 6.76. The fourth-order valence-electron chi connectivity index (χ4n) is 2.85. The van der Waals surface area contributed by atoms with E-state index in [4.69, 9.17) is 4.74 Å². The van der Waals surface area contributed by atoms with Gasteiger partial charge in [-0.2, -0.15) is 0 Å². The van der Waals surface area contributed by atoms with Gasteiger partial charge in [0, 0.05) is 6.54 Å². The Bertz CT molecular complexity index is 579. The van der Waals surface area contributed by atoms with E-state index in [0.29, 0.717) is 24.9 Å². The number of hydrogen-bond acceptors (Lipinski definition) is 3. The van der Waals surface area contributed by atoms with Gasteiger partial charge in [-0.15, -0.1) is 0 Å². The summed E-state index contributed by atoms with van der Waals surface area (Å²) in [7, 11) is 0. The topological polar surface area (TPSA) is 66.8 Å². The molecule has 0 aliphatic carbocycles. The third kappa shape index (κ3) is 4.21. The van der Waals surface area contributed by atoms with E-state index in [9.17, 15) is 19.1 Å². The molecule has 2 atom stereocenters. The average molecular weight is 323 g/mol. The number of hydrogen-bond donors (Lipinski definition) is 1. The van der Waals surface area contributed by atoms with Gasteiger partial charge in [0.25, 0.3) is 0 Å². The van der Waals surface area contributed by atoms with Crippen LogP contribution >= 0.6 is 0 Å². The molecule has 126 valence electrons. The van der Waals surface area contributed by atoms with Gasteiger partial charge in [-0.25, -0.2) is 9.18 Å². The molecule has 2 rings (SSSR count). The van der Waals surface area contributed by atoms with E-state index in [-0.39, 0.29) is 0 Å². The van der Waals surface area contributed by atoms with E-state index >= 15 is 0 Å². The molecular weight excluding hydrogens is 301 g/mol. The number of benzene rings is 1. The Labute approximate surface area is 135 Å². The van der Waals surface area contributed by atoms with E-state index in [1.807, 2.05) is 0 Å². The lowest BCUT2D eigenvalue weighted by atomic mass is 9.85. The van der Waals surface area contributed by atoms with Crippen LogP contribution in [0, 0.1) is 11.7 Å². The number of rotatable bonds is 2. The summed E-state index contributed by atoms with van der Waals surface area (Å²) in [6.07, 6.45) is 0.516. The standard InChI is InChI=1S/C17H22FNO4/c1-17(2,3)23-16(22)19-10-4-5-13(15(20)21)14(19)11-6-8-12(18)9-7-11/h6-9,13-14H,4-5,10H2,1-3H3,(H,20,21)/t13-,14+/m0/s1. The third-order valence-electron chi connectivity index (χ3n) is 3.79. The van der Waals surface area contributed by atoms with Crippen molar-refractivity contribution in [2.24, 2.45) is 5.92 Å². The molecule has 0 radical (unpaired) electrons. The van der Waals surface area contributed by atoms with Crippen molar-refractivity contribution >= 4 is 12.1 Å². The number of halogens is 1. The number of likely N-dealkylation sites (tertiary alicyclic amines) is 1. The largest absolute Gasteiger partial charge is 0.481 e. The van der Waals surface area contributed by atoms with Crippen molar-refractivity contribution < 1.29 is 23.8 Å². The van der Waals surface area contributed by atoms with Crippen LogP contribution in [0.3, 0.4) is 0 Å². The second kappa shape index (κ2) is 6.56. The van der Waals surface area contributed by atoms with Crippen LogP contribution in [0.4, 0.5) is 9.18 Å². The molecule has 1 fully saturated rings. The number of carboxylic acids is 1. The van der Waals surface area contributed by atoms with Crippen molar-refractivity contribution in [2.45, 2.75) is 45.3 Å². The Hall–Kier alpha value is -2.11. The number of carboxylic acid groups (broad SMARTS) is 1. The summed E-state index contributed by atoms with van der Waals surface area (Å²) in [5.41, 5.74) is -0.0648. The zero-order chi connectivity index (χ0) is 17.2. The molecule has 0 saturated carbocycles. The van der Waals surface area contributed by atoms with E-state index in [2.05, 4.69) is 0 Å². The lowest BCUT2D eigenvalue weighted by Gasteiger charge is -2.40. The number of ether oxygens (including phenoxy) is 1. The van der Waals surface area contributed by atoms with Gasteiger partial charge in [-0.3, -0.25) is 4.79 Å². The highest BCUT2D eigenvalue weighted by Gasteiger charge is 2.40. The van der Waals surface area contributed by atoms with Crippen molar-refractivity contribution in [3.8, 4) is 0 Å². The molecule has 1 amide bonds. The van der Waals surface area contributed by atoms with E-state index in [0.717, 1.165) is 0 Å². The fraction of sp³-hybridized carbons (Fsp3) is 0.529. The van der Waals surface area contributed by atoms with Crippen LogP contribution in [0.5, 0.6) is 0 Å². The van der Waals surface area contributed by atoms with Crippen molar-refractivity contribution in [1.82, 2.24) is 4.90 Å².